The average molecular weight is 482 g/mol. The fourth-order valence-electron chi connectivity index (χ4n) is 2.62. The van der Waals surface area contributed by atoms with E-state index in [0.29, 0.717) is 15.7 Å². The summed E-state index contributed by atoms with van der Waals surface area (Å²) in [5, 5.41) is 15.8. The number of carbonyl (C=O) groups excluding carboxylic acids is 3. The van der Waals surface area contributed by atoms with Gasteiger partial charge >= 0.3 is 11.9 Å². The Labute approximate surface area is 192 Å². The zero-order chi connectivity index (χ0) is 23.8. The van der Waals surface area contributed by atoms with E-state index in [0.717, 1.165) is 23.5 Å². The monoisotopic (exact) mass is 481 g/mol. The highest BCUT2D eigenvalue weighted by Crippen LogP contribution is 2.36. The first-order valence-corrected chi connectivity index (χ1v) is 11.2. The molecule has 10 nitrogen and oxygen atoms in total. The molecule has 0 bridgehead atoms. The second-order valence-corrected chi connectivity index (χ2v) is 9.29. The van der Waals surface area contributed by atoms with Crippen molar-refractivity contribution in [3.8, 4) is 0 Å². The number of nitrogens with one attached hydrogen (secondary N) is 1. The summed E-state index contributed by atoms with van der Waals surface area (Å²) < 4.78 is 10.3. The molecule has 12 heteroatoms. The summed E-state index contributed by atoms with van der Waals surface area (Å²) in [6, 6.07) is 3.05. The van der Waals surface area contributed by atoms with Crippen LogP contribution in [0.5, 0.6) is 0 Å². The standard InChI is InChI=1S/C20H23N3O7S2/c1-11(2)7-14(19(26)29-4)22-17(24)9-30-18(25)13-5-6-16(15(8-13)23(27)28)32-20-21-12(3)10-31-20/h5-6,8,10-11,14H,7,9H2,1-4H3,(H,22,24). The van der Waals surface area contributed by atoms with E-state index in [2.05, 4.69) is 15.0 Å². The molecule has 1 heterocycles. The van der Waals surface area contributed by atoms with E-state index in [-0.39, 0.29) is 17.2 Å². The summed E-state index contributed by atoms with van der Waals surface area (Å²) in [6.07, 6.45) is 0.357. The van der Waals surface area contributed by atoms with Crippen molar-refractivity contribution in [2.75, 3.05) is 13.7 Å². The van der Waals surface area contributed by atoms with Gasteiger partial charge in [-0.15, -0.1) is 11.3 Å². The van der Waals surface area contributed by atoms with Crippen LogP contribution in [0.4, 0.5) is 5.69 Å². The Morgan fingerprint density at radius 1 is 1.31 bits per heavy atom. The number of hydrogen-bond acceptors (Lipinski definition) is 10. The van der Waals surface area contributed by atoms with Crippen molar-refractivity contribution in [3.05, 3.63) is 45.0 Å². The van der Waals surface area contributed by atoms with E-state index in [9.17, 15) is 24.5 Å². The molecule has 2 rings (SSSR count). The second kappa shape index (κ2) is 11.6. The maximum atomic E-state index is 12.3. The highest BCUT2D eigenvalue weighted by atomic mass is 32.2. The molecular formula is C20H23N3O7S2. The van der Waals surface area contributed by atoms with E-state index in [1.165, 1.54) is 30.6 Å². The predicted octanol–water partition coefficient (Wildman–Crippen LogP) is 3.37. The molecular weight excluding hydrogens is 458 g/mol. The Bertz CT molecular complexity index is 1010. The number of thiazole rings is 1. The van der Waals surface area contributed by atoms with Crippen LogP contribution in [0, 0.1) is 23.0 Å². The van der Waals surface area contributed by atoms with Crippen LogP contribution in [0.3, 0.4) is 0 Å². The van der Waals surface area contributed by atoms with Crippen molar-refractivity contribution in [2.24, 2.45) is 5.92 Å². The van der Waals surface area contributed by atoms with E-state index in [4.69, 9.17) is 4.74 Å². The van der Waals surface area contributed by atoms with Gasteiger partial charge in [0.15, 0.2) is 10.9 Å². The Hall–Kier alpha value is -2.99. The normalized spacial score (nSPS) is 11.7. The molecule has 0 saturated heterocycles. The predicted molar refractivity (Wildman–Crippen MR) is 118 cm³/mol. The minimum absolute atomic E-state index is 0.0733. The van der Waals surface area contributed by atoms with Gasteiger partial charge in [-0.1, -0.05) is 25.6 Å². The highest BCUT2D eigenvalue weighted by molar-refractivity contribution is 8.01. The maximum Gasteiger partial charge on any atom is 0.338 e. The van der Waals surface area contributed by atoms with Gasteiger partial charge in [0, 0.05) is 17.1 Å². The molecule has 0 radical (unpaired) electrons. The fourth-order valence-corrected chi connectivity index (χ4v) is 4.50. The fraction of sp³-hybridized carbons (Fsp3) is 0.400. The van der Waals surface area contributed by atoms with Crippen LogP contribution in [0.15, 0.2) is 32.8 Å². The van der Waals surface area contributed by atoms with Gasteiger partial charge in [-0.2, -0.15) is 0 Å². The Balaban J connectivity index is 2.04. The molecule has 0 fully saturated rings. The minimum Gasteiger partial charge on any atom is -0.467 e. The number of amides is 1. The smallest absolute Gasteiger partial charge is 0.338 e. The lowest BCUT2D eigenvalue weighted by atomic mass is 10.0. The highest BCUT2D eigenvalue weighted by Gasteiger charge is 2.24. The van der Waals surface area contributed by atoms with Gasteiger partial charge in [0.25, 0.3) is 11.6 Å². The lowest BCUT2D eigenvalue weighted by Crippen LogP contribution is -2.44. The summed E-state index contributed by atoms with van der Waals surface area (Å²) in [6.45, 7) is 4.94. The van der Waals surface area contributed by atoms with Gasteiger partial charge in [0.2, 0.25) is 0 Å². The number of benzene rings is 1. The molecule has 1 aromatic heterocycles. The molecule has 1 amide bonds. The number of nitro groups is 1. The molecule has 1 aromatic carbocycles. The first-order valence-electron chi connectivity index (χ1n) is 9.53. The first kappa shape index (κ1) is 25.3. The summed E-state index contributed by atoms with van der Waals surface area (Å²) in [5.41, 5.74) is 0.460. The molecule has 0 saturated carbocycles. The van der Waals surface area contributed by atoms with E-state index < -0.39 is 35.4 Å². The molecule has 0 spiro atoms. The number of aromatic nitrogens is 1. The molecule has 0 aliphatic rings. The van der Waals surface area contributed by atoms with Crippen molar-refractivity contribution >= 4 is 46.6 Å². The van der Waals surface area contributed by atoms with Crippen molar-refractivity contribution in [2.45, 2.75) is 42.5 Å². The third-order valence-corrected chi connectivity index (χ3v) is 6.17. The van der Waals surface area contributed by atoms with Crippen LogP contribution in [-0.4, -0.2) is 47.5 Å². The number of methoxy groups -OCH3 is 1. The number of carbonyl (C=O) groups is 3. The van der Waals surface area contributed by atoms with Crippen LogP contribution < -0.4 is 5.32 Å². The van der Waals surface area contributed by atoms with E-state index >= 15 is 0 Å². The zero-order valence-electron chi connectivity index (χ0n) is 17.9. The molecule has 1 N–H and O–H groups in total. The van der Waals surface area contributed by atoms with E-state index in [1.807, 2.05) is 26.2 Å². The average Bonchev–Trinajstić information content (AvgIpc) is 3.15. The van der Waals surface area contributed by atoms with Crippen molar-refractivity contribution in [3.63, 3.8) is 0 Å². The number of aryl methyl sites for hydroxylation is 1. The Morgan fingerprint density at radius 2 is 2.03 bits per heavy atom. The molecule has 2 aromatic rings. The molecule has 0 aliphatic carbocycles. The third kappa shape index (κ3) is 7.31. The molecule has 1 atom stereocenters. The van der Waals surface area contributed by atoms with Gasteiger partial charge in [0.1, 0.15) is 6.04 Å². The van der Waals surface area contributed by atoms with Crippen molar-refractivity contribution in [1.82, 2.24) is 10.3 Å². The number of nitrogens with zero attached hydrogens (tertiary/aromatic N) is 2. The van der Waals surface area contributed by atoms with Crippen LogP contribution >= 0.6 is 23.1 Å². The summed E-state index contributed by atoms with van der Waals surface area (Å²) in [4.78, 5) is 51.7. The molecule has 0 aliphatic heterocycles. The van der Waals surface area contributed by atoms with Crippen LogP contribution in [0.25, 0.3) is 0 Å². The topological polar surface area (TPSA) is 138 Å². The van der Waals surface area contributed by atoms with Crippen molar-refractivity contribution in [1.29, 1.82) is 0 Å². The molecule has 172 valence electrons. The SMILES string of the molecule is COC(=O)C(CC(C)C)NC(=O)COC(=O)c1ccc(Sc2nc(C)cs2)c([N+](=O)[O-])c1. The molecule has 32 heavy (non-hydrogen) atoms. The first-order chi connectivity index (χ1) is 15.1. The van der Waals surface area contributed by atoms with Gasteiger partial charge in [-0.3, -0.25) is 14.9 Å². The van der Waals surface area contributed by atoms with E-state index in [1.54, 1.807) is 0 Å². The van der Waals surface area contributed by atoms with Gasteiger partial charge in [-0.25, -0.2) is 14.6 Å². The van der Waals surface area contributed by atoms with Crippen LogP contribution in [-0.2, 0) is 19.1 Å². The van der Waals surface area contributed by atoms with Gasteiger partial charge in [0.05, 0.1) is 22.5 Å². The largest absolute Gasteiger partial charge is 0.467 e. The third-order valence-electron chi connectivity index (χ3n) is 4.05. The van der Waals surface area contributed by atoms with Crippen LogP contribution in [0.1, 0.15) is 36.3 Å². The Morgan fingerprint density at radius 3 is 2.59 bits per heavy atom. The zero-order valence-corrected chi connectivity index (χ0v) is 19.6. The van der Waals surface area contributed by atoms with Gasteiger partial charge in [-0.05, 0) is 31.4 Å². The van der Waals surface area contributed by atoms with Crippen LogP contribution in [0.2, 0.25) is 0 Å². The lowest BCUT2D eigenvalue weighted by Gasteiger charge is -2.18. The second-order valence-electron chi connectivity index (χ2n) is 7.15. The molecule has 1 unspecified atom stereocenters. The number of rotatable bonds is 10. The van der Waals surface area contributed by atoms with Gasteiger partial charge < -0.3 is 14.8 Å². The van der Waals surface area contributed by atoms with Crippen molar-refractivity contribution < 1.29 is 28.8 Å². The maximum absolute atomic E-state index is 12.3. The Kier molecular flexibility index (Phi) is 9.14. The number of ether oxygens (including phenoxy) is 2. The minimum atomic E-state index is -0.900. The summed E-state index contributed by atoms with van der Waals surface area (Å²) >= 11 is 2.48. The lowest BCUT2D eigenvalue weighted by molar-refractivity contribution is -0.387. The number of nitro benzene ring substituents is 1. The number of hydrogen-bond donors (Lipinski definition) is 1. The quantitative estimate of drug-likeness (QED) is 0.307. The summed E-state index contributed by atoms with van der Waals surface area (Å²) in [7, 11) is 1.21. The number of esters is 2. The summed E-state index contributed by atoms with van der Waals surface area (Å²) in [5.74, 6) is -2.07.